The van der Waals surface area contributed by atoms with Crippen LogP contribution >= 0.6 is 0 Å². The van der Waals surface area contributed by atoms with Crippen molar-refractivity contribution in [1.82, 2.24) is 20.8 Å². The molecule has 0 aliphatic rings. The Bertz CT molecular complexity index is 1550. The Morgan fingerprint density at radius 2 is 1.77 bits per heavy atom. The van der Waals surface area contributed by atoms with Crippen LogP contribution in [-0.4, -0.2) is 70.6 Å². The van der Waals surface area contributed by atoms with E-state index in [-0.39, 0.29) is 17.9 Å². The number of rotatable bonds is 14. The van der Waals surface area contributed by atoms with Gasteiger partial charge in [0.15, 0.2) is 18.2 Å². The lowest BCUT2D eigenvalue weighted by atomic mass is 10.0. The first kappa shape index (κ1) is 33.4. The number of hydrogen-bond donors (Lipinski definition) is 3. The number of amides is 2. The molecule has 0 unspecified atom stereocenters. The second-order valence-electron chi connectivity index (χ2n) is 10.3. The van der Waals surface area contributed by atoms with E-state index in [9.17, 15) is 33.5 Å². The summed E-state index contributed by atoms with van der Waals surface area (Å²) in [4.78, 5) is 67.1. The molecular weight excluding hydrogens is 579 g/mol. The zero-order chi connectivity index (χ0) is 32.6. The summed E-state index contributed by atoms with van der Waals surface area (Å²) in [5.41, 5.74) is 1.32. The number of halogens is 1. The van der Waals surface area contributed by atoms with E-state index in [4.69, 9.17) is 14.0 Å². The predicted molar refractivity (Wildman–Crippen MR) is 152 cm³/mol. The van der Waals surface area contributed by atoms with Crippen LogP contribution in [0.25, 0.3) is 11.5 Å². The second kappa shape index (κ2) is 14.8. The maximum Gasteiger partial charge on any atom is 0.338 e. The maximum atomic E-state index is 13.6. The number of nitrogens with one attached hydrogen (secondary N) is 2. The standard InChI is InChI=1S/C30H33FN4O9/c1-15(2)27(34-25(37)11-19-10-18(7-9-24(19)42-5)29-32-17(4)35-44-29)28(40)33-22(13-26(38)39)23(36)14-43-30(41)21-12-20(31)8-6-16(21)3/h6-10,12,15,22,27H,11,13-14H2,1-5H3,(H,33,40)(H,34,37)(H,38,39)/t22-,27-/m0/s1. The number of ketones is 1. The maximum absolute atomic E-state index is 13.6. The summed E-state index contributed by atoms with van der Waals surface area (Å²) in [6.07, 6.45) is -1.01. The van der Waals surface area contributed by atoms with E-state index in [1.54, 1.807) is 45.9 Å². The van der Waals surface area contributed by atoms with E-state index >= 15 is 0 Å². The van der Waals surface area contributed by atoms with Gasteiger partial charge in [-0.05, 0) is 55.7 Å². The Hall–Kier alpha value is -5.14. The van der Waals surface area contributed by atoms with Gasteiger partial charge in [0.2, 0.25) is 11.8 Å². The number of benzene rings is 2. The van der Waals surface area contributed by atoms with Crippen molar-refractivity contribution in [2.75, 3.05) is 13.7 Å². The van der Waals surface area contributed by atoms with Crippen molar-refractivity contribution in [3.05, 3.63) is 64.7 Å². The van der Waals surface area contributed by atoms with Crippen LogP contribution in [0.15, 0.2) is 40.9 Å². The van der Waals surface area contributed by atoms with E-state index in [1.807, 2.05) is 0 Å². The molecule has 2 aromatic carbocycles. The summed E-state index contributed by atoms with van der Waals surface area (Å²) < 4.78 is 29.1. The molecular formula is C30H33FN4O9. The molecule has 0 saturated carbocycles. The van der Waals surface area contributed by atoms with Gasteiger partial charge in [0.25, 0.3) is 5.89 Å². The molecule has 0 spiro atoms. The summed E-state index contributed by atoms with van der Waals surface area (Å²) in [5.74, 6) is -4.74. The second-order valence-corrected chi connectivity index (χ2v) is 10.3. The Morgan fingerprint density at radius 1 is 1.05 bits per heavy atom. The van der Waals surface area contributed by atoms with Gasteiger partial charge in [0.05, 0.1) is 25.5 Å². The molecule has 1 heterocycles. The number of aliphatic carboxylic acids is 1. The number of Topliss-reactive ketones (excluding diaryl/α,β-unsaturated/α-hetero) is 1. The highest BCUT2D eigenvalue weighted by atomic mass is 19.1. The lowest BCUT2D eigenvalue weighted by Gasteiger charge is -2.24. The number of hydrogen-bond acceptors (Lipinski definition) is 10. The van der Waals surface area contributed by atoms with Crippen LogP contribution in [0.2, 0.25) is 0 Å². The van der Waals surface area contributed by atoms with E-state index < -0.39 is 66.4 Å². The number of aryl methyl sites for hydroxylation is 2. The van der Waals surface area contributed by atoms with E-state index in [2.05, 4.69) is 20.8 Å². The molecule has 0 bridgehead atoms. The highest BCUT2D eigenvalue weighted by Crippen LogP contribution is 2.26. The molecule has 0 fully saturated rings. The molecule has 14 heteroatoms. The average Bonchev–Trinajstić information content (AvgIpc) is 3.40. The van der Waals surface area contributed by atoms with Crippen LogP contribution < -0.4 is 15.4 Å². The molecule has 234 valence electrons. The number of esters is 1. The van der Waals surface area contributed by atoms with Gasteiger partial charge in [0, 0.05) is 11.1 Å². The highest BCUT2D eigenvalue weighted by Gasteiger charge is 2.31. The summed E-state index contributed by atoms with van der Waals surface area (Å²) in [7, 11) is 1.44. The van der Waals surface area contributed by atoms with Crippen LogP contribution in [0.4, 0.5) is 4.39 Å². The third-order valence-electron chi connectivity index (χ3n) is 6.52. The quantitative estimate of drug-likeness (QED) is 0.227. The molecule has 3 rings (SSSR count). The largest absolute Gasteiger partial charge is 0.496 e. The fraction of sp³-hybridized carbons (Fsp3) is 0.367. The summed E-state index contributed by atoms with van der Waals surface area (Å²) in [5, 5.41) is 18.1. The Kier molecular flexibility index (Phi) is 11.3. The molecule has 0 aliphatic heterocycles. The van der Waals surface area contributed by atoms with Gasteiger partial charge in [-0.15, -0.1) is 0 Å². The first-order valence-corrected chi connectivity index (χ1v) is 13.5. The third kappa shape index (κ3) is 8.93. The molecule has 2 atom stereocenters. The van der Waals surface area contributed by atoms with E-state index in [0.717, 1.165) is 12.1 Å². The fourth-order valence-corrected chi connectivity index (χ4v) is 4.21. The van der Waals surface area contributed by atoms with Gasteiger partial charge in [0.1, 0.15) is 23.7 Å². The van der Waals surface area contributed by atoms with Crippen molar-refractivity contribution < 1.29 is 47.5 Å². The first-order chi connectivity index (χ1) is 20.8. The van der Waals surface area contributed by atoms with Crippen molar-refractivity contribution in [1.29, 1.82) is 0 Å². The smallest absolute Gasteiger partial charge is 0.338 e. The zero-order valence-corrected chi connectivity index (χ0v) is 24.8. The lowest BCUT2D eigenvalue weighted by molar-refractivity contribution is -0.141. The van der Waals surface area contributed by atoms with Crippen molar-refractivity contribution in [3.63, 3.8) is 0 Å². The highest BCUT2D eigenvalue weighted by molar-refractivity contribution is 5.97. The van der Waals surface area contributed by atoms with Crippen molar-refractivity contribution in [3.8, 4) is 17.2 Å². The Labute approximate surface area is 252 Å². The number of nitrogens with zero attached hydrogens (tertiary/aromatic N) is 2. The van der Waals surface area contributed by atoms with Crippen LogP contribution in [-0.2, 0) is 30.3 Å². The molecule has 3 aromatic rings. The minimum absolute atomic E-state index is 0.103. The number of carboxylic acid groups (broad SMARTS) is 1. The molecule has 13 nitrogen and oxygen atoms in total. The monoisotopic (exact) mass is 612 g/mol. The number of aromatic nitrogens is 2. The lowest BCUT2D eigenvalue weighted by Crippen LogP contribution is -2.54. The molecule has 0 saturated heterocycles. The first-order valence-electron chi connectivity index (χ1n) is 13.5. The normalized spacial score (nSPS) is 12.2. The molecule has 2 amide bonds. The van der Waals surface area contributed by atoms with E-state index in [1.165, 1.54) is 13.2 Å². The van der Waals surface area contributed by atoms with Crippen molar-refractivity contribution >= 4 is 29.5 Å². The third-order valence-corrected chi connectivity index (χ3v) is 6.52. The Balaban J connectivity index is 1.69. The zero-order valence-electron chi connectivity index (χ0n) is 24.8. The summed E-state index contributed by atoms with van der Waals surface area (Å²) in [6, 6.07) is 5.71. The Morgan fingerprint density at radius 3 is 2.39 bits per heavy atom. The van der Waals surface area contributed by atoms with Crippen LogP contribution in [0, 0.1) is 25.6 Å². The molecule has 0 aliphatic carbocycles. The van der Waals surface area contributed by atoms with Crippen molar-refractivity contribution in [2.45, 2.75) is 52.6 Å². The van der Waals surface area contributed by atoms with Gasteiger partial charge in [-0.1, -0.05) is 25.1 Å². The molecule has 44 heavy (non-hydrogen) atoms. The van der Waals surface area contributed by atoms with Crippen LogP contribution in [0.5, 0.6) is 5.75 Å². The summed E-state index contributed by atoms with van der Waals surface area (Å²) in [6.45, 7) is 5.65. The van der Waals surface area contributed by atoms with Gasteiger partial charge < -0.3 is 29.7 Å². The van der Waals surface area contributed by atoms with Crippen LogP contribution in [0.3, 0.4) is 0 Å². The summed E-state index contributed by atoms with van der Waals surface area (Å²) >= 11 is 0. The predicted octanol–water partition coefficient (Wildman–Crippen LogP) is 2.57. The van der Waals surface area contributed by atoms with Gasteiger partial charge >= 0.3 is 11.9 Å². The van der Waals surface area contributed by atoms with Gasteiger partial charge in [-0.2, -0.15) is 4.98 Å². The topological polar surface area (TPSA) is 187 Å². The number of methoxy groups -OCH3 is 1. The molecule has 0 radical (unpaired) electrons. The molecule has 1 aromatic heterocycles. The SMILES string of the molecule is COc1ccc(-c2nc(C)no2)cc1CC(=O)N[C@H](C(=O)N[C@@H](CC(=O)O)C(=O)COC(=O)c1cc(F)ccc1C)C(C)C. The van der Waals surface area contributed by atoms with Gasteiger partial charge in [-0.25, -0.2) is 9.18 Å². The number of ether oxygens (including phenoxy) is 2. The van der Waals surface area contributed by atoms with E-state index in [0.29, 0.717) is 28.3 Å². The van der Waals surface area contributed by atoms with Crippen molar-refractivity contribution in [2.24, 2.45) is 5.92 Å². The molecule has 3 N–H and O–H groups in total. The minimum Gasteiger partial charge on any atom is -0.496 e. The number of carboxylic acids is 1. The fourth-order valence-electron chi connectivity index (χ4n) is 4.21. The van der Waals surface area contributed by atoms with Gasteiger partial charge in [-0.3, -0.25) is 19.2 Å². The minimum atomic E-state index is -1.57. The average molecular weight is 613 g/mol. The number of carbonyl (C=O) groups is 5. The van der Waals surface area contributed by atoms with Crippen LogP contribution in [0.1, 0.15) is 47.6 Å². The number of carbonyl (C=O) groups excluding carboxylic acids is 4.